The minimum atomic E-state index is -0.805. The van der Waals surface area contributed by atoms with Crippen LogP contribution in [-0.2, 0) is 17.8 Å². The SMILES string of the molecule is COc1cccc(C(=O)c2nc(-c3ccccn3)cn2CCCCc2cccc(OC3CC3C(=O)O)c2)c1. The van der Waals surface area contributed by atoms with Gasteiger partial charge in [-0.1, -0.05) is 30.3 Å². The number of methoxy groups -OCH3 is 1. The Labute approximate surface area is 220 Å². The molecule has 0 bridgehead atoms. The third-order valence-electron chi connectivity index (χ3n) is 6.59. The number of benzene rings is 2. The molecule has 2 aromatic carbocycles. The van der Waals surface area contributed by atoms with Crippen LogP contribution in [0.15, 0.2) is 79.1 Å². The number of carbonyl (C=O) groups is 2. The van der Waals surface area contributed by atoms with Gasteiger partial charge in [0.2, 0.25) is 5.78 Å². The fourth-order valence-electron chi connectivity index (χ4n) is 4.42. The normalized spacial score (nSPS) is 16.1. The fourth-order valence-corrected chi connectivity index (χ4v) is 4.42. The zero-order valence-corrected chi connectivity index (χ0v) is 21.1. The Bertz CT molecular complexity index is 1430. The maximum Gasteiger partial charge on any atom is 0.310 e. The van der Waals surface area contributed by atoms with Crippen molar-refractivity contribution in [2.24, 2.45) is 5.92 Å². The van der Waals surface area contributed by atoms with Crippen LogP contribution in [0, 0.1) is 5.92 Å². The van der Waals surface area contributed by atoms with Crippen molar-refractivity contribution in [3.63, 3.8) is 0 Å². The molecule has 0 amide bonds. The standard InChI is InChI=1S/C30H29N3O5/c1-37-22-11-7-10-21(17-22)28(34)29-32-26(25-13-2-4-14-31-25)19-33(29)15-5-3-8-20-9-6-12-23(16-20)38-27-18-24(27)30(35)36/h2,4,6-7,9-14,16-17,19,24,27H,3,5,8,15,18H2,1H3,(H,35,36). The quantitative estimate of drug-likeness (QED) is 0.209. The molecule has 0 saturated heterocycles. The molecule has 2 atom stereocenters. The molecular weight excluding hydrogens is 482 g/mol. The highest BCUT2D eigenvalue weighted by molar-refractivity contribution is 6.07. The lowest BCUT2D eigenvalue weighted by atomic mass is 10.1. The predicted octanol–water partition coefficient (Wildman–Crippen LogP) is 5.06. The van der Waals surface area contributed by atoms with E-state index in [0.717, 1.165) is 24.8 Å². The first kappa shape index (κ1) is 25.2. The number of aromatic nitrogens is 3. The van der Waals surface area contributed by atoms with Gasteiger partial charge in [-0.3, -0.25) is 14.6 Å². The maximum atomic E-state index is 13.4. The Hall–Kier alpha value is -4.46. The van der Waals surface area contributed by atoms with Crippen molar-refractivity contribution in [3.8, 4) is 22.9 Å². The van der Waals surface area contributed by atoms with Crippen LogP contribution in [0.3, 0.4) is 0 Å². The fraction of sp³-hybridized carbons (Fsp3) is 0.267. The first-order valence-electron chi connectivity index (χ1n) is 12.7. The minimum Gasteiger partial charge on any atom is -0.497 e. The molecule has 8 nitrogen and oxygen atoms in total. The number of hydrogen-bond acceptors (Lipinski definition) is 6. The van der Waals surface area contributed by atoms with Gasteiger partial charge in [0.15, 0.2) is 5.82 Å². The first-order valence-corrected chi connectivity index (χ1v) is 12.7. The number of aliphatic carboxylic acids is 1. The lowest BCUT2D eigenvalue weighted by molar-refractivity contribution is -0.139. The van der Waals surface area contributed by atoms with Crippen molar-refractivity contribution in [1.29, 1.82) is 0 Å². The van der Waals surface area contributed by atoms with Crippen LogP contribution in [-0.4, -0.2) is 44.6 Å². The second kappa shape index (κ2) is 11.3. The van der Waals surface area contributed by atoms with Crippen LogP contribution < -0.4 is 9.47 Å². The number of carboxylic acid groups (broad SMARTS) is 1. The average Bonchev–Trinajstić information content (AvgIpc) is 3.59. The second-order valence-corrected chi connectivity index (χ2v) is 9.36. The van der Waals surface area contributed by atoms with Gasteiger partial charge in [0.05, 0.1) is 18.7 Å². The van der Waals surface area contributed by atoms with Crippen molar-refractivity contribution < 1.29 is 24.2 Å². The number of imidazole rings is 1. The van der Waals surface area contributed by atoms with Gasteiger partial charge in [0.1, 0.15) is 23.3 Å². The lowest BCUT2D eigenvalue weighted by Gasteiger charge is -2.09. The molecule has 8 heteroatoms. The molecule has 5 rings (SSSR count). The number of hydrogen-bond donors (Lipinski definition) is 1. The molecule has 1 aliphatic rings. The minimum absolute atomic E-state index is 0.171. The maximum absolute atomic E-state index is 13.4. The zero-order chi connectivity index (χ0) is 26.5. The summed E-state index contributed by atoms with van der Waals surface area (Å²) in [5.41, 5.74) is 3.01. The summed E-state index contributed by atoms with van der Waals surface area (Å²) in [4.78, 5) is 33.5. The number of rotatable bonds is 12. The number of pyridine rings is 1. The van der Waals surface area contributed by atoms with Gasteiger partial charge in [-0.2, -0.15) is 0 Å². The van der Waals surface area contributed by atoms with Crippen molar-refractivity contribution in [3.05, 3.63) is 96.1 Å². The van der Waals surface area contributed by atoms with E-state index in [1.165, 1.54) is 0 Å². The molecular formula is C30H29N3O5. The first-order chi connectivity index (χ1) is 18.5. The van der Waals surface area contributed by atoms with Crippen LogP contribution in [0.1, 0.15) is 41.0 Å². The van der Waals surface area contributed by atoms with Gasteiger partial charge in [-0.15, -0.1) is 0 Å². The van der Waals surface area contributed by atoms with Crippen molar-refractivity contribution in [1.82, 2.24) is 14.5 Å². The van der Waals surface area contributed by atoms with E-state index in [0.29, 0.717) is 47.2 Å². The van der Waals surface area contributed by atoms with Gasteiger partial charge >= 0.3 is 5.97 Å². The van der Waals surface area contributed by atoms with Gasteiger partial charge in [0, 0.05) is 30.9 Å². The molecule has 38 heavy (non-hydrogen) atoms. The summed E-state index contributed by atoms with van der Waals surface area (Å²) in [6.07, 6.45) is 6.49. The Kier molecular flexibility index (Phi) is 7.49. The summed E-state index contributed by atoms with van der Waals surface area (Å²) in [5.74, 6) is 0.310. The summed E-state index contributed by atoms with van der Waals surface area (Å²) in [7, 11) is 1.57. The Balaban J connectivity index is 1.26. The lowest BCUT2D eigenvalue weighted by Crippen LogP contribution is -2.12. The Morgan fingerprint density at radius 1 is 1.00 bits per heavy atom. The van der Waals surface area contributed by atoms with Crippen LogP contribution in [0.5, 0.6) is 11.5 Å². The number of ether oxygens (including phenoxy) is 2. The van der Waals surface area contributed by atoms with E-state index < -0.39 is 11.9 Å². The van der Waals surface area contributed by atoms with Crippen LogP contribution in [0.2, 0.25) is 0 Å². The zero-order valence-electron chi connectivity index (χ0n) is 21.1. The van der Waals surface area contributed by atoms with Crippen molar-refractivity contribution in [2.45, 2.75) is 38.3 Å². The van der Waals surface area contributed by atoms with Gasteiger partial charge in [-0.25, -0.2) is 4.98 Å². The van der Waals surface area contributed by atoms with E-state index in [9.17, 15) is 9.59 Å². The van der Waals surface area contributed by atoms with Crippen LogP contribution in [0.4, 0.5) is 0 Å². The van der Waals surface area contributed by atoms with Crippen LogP contribution >= 0.6 is 0 Å². The smallest absolute Gasteiger partial charge is 0.310 e. The summed E-state index contributed by atoms with van der Waals surface area (Å²) >= 11 is 0. The highest BCUT2D eigenvalue weighted by Gasteiger charge is 2.45. The largest absolute Gasteiger partial charge is 0.497 e. The molecule has 1 fully saturated rings. The number of carboxylic acids is 1. The van der Waals surface area contributed by atoms with Gasteiger partial charge in [-0.05, 0) is 61.2 Å². The highest BCUT2D eigenvalue weighted by Crippen LogP contribution is 2.35. The molecule has 1 saturated carbocycles. The second-order valence-electron chi connectivity index (χ2n) is 9.36. The molecule has 1 aliphatic carbocycles. The average molecular weight is 512 g/mol. The molecule has 2 heterocycles. The summed E-state index contributed by atoms with van der Waals surface area (Å²) in [6.45, 7) is 0.628. The number of ketones is 1. The molecule has 2 aromatic heterocycles. The summed E-state index contributed by atoms with van der Waals surface area (Å²) in [6, 6.07) is 20.5. The topological polar surface area (TPSA) is 104 Å². The van der Waals surface area contributed by atoms with E-state index in [4.69, 9.17) is 14.6 Å². The van der Waals surface area contributed by atoms with E-state index in [1.54, 1.807) is 37.6 Å². The monoisotopic (exact) mass is 511 g/mol. The molecule has 1 N–H and O–H groups in total. The molecule has 4 aromatic rings. The van der Waals surface area contributed by atoms with Gasteiger partial charge < -0.3 is 19.1 Å². The molecule has 194 valence electrons. The van der Waals surface area contributed by atoms with E-state index in [-0.39, 0.29) is 11.9 Å². The van der Waals surface area contributed by atoms with E-state index in [2.05, 4.69) is 9.97 Å². The van der Waals surface area contributed by atoms with Crippen LogP contribution in [0.25, 0.3) is 11.4 Å². The molecule has 0 aliphatic heterocycles. The van der Waals surface area contributed by atoms with E-state index >= 15 is 0 Å². The highest BCUT2D eigenvalue weighted by atomic mass is 16.5. The van der Waals surface area contributed by atoms with E-state index in [1.807, 2.05) is 53.2 Å². The number of unbranched alkanes of at least 4 members (excludes halogenated alkanes) is 1. The number of carbonyl (C=O) groups excluding carboxylic acids is 1. The molecule has 0 radical (unpaired) electrons. The number of nitrogens with zero attached hydrogens (tertiary/aromatic N) is 3. The van der Waals surface area contributed by atoms with Crippen molar-refractivity contribution >= 4 is 11.8 Å². The number of aryl methyl sites for hydroxylation is 2. The summed E-state index contributed by atoms with van der Waals surface area (Å²) in [5, 5.41) is 9.09. The summed E-state index contributed by atoms with van der Waals surface area (Å²) < 4.78 is 13.0. The molecule has 2 unspecified atom stereocenters. The van der Waals surface area contributed by atoms with Gasteiger partial charge in [0.25, 0.3) is 0 Å². The third-order valence-corrected chi connectivity index (χ3v) is 6.59. The third kappa shape index (κ3) is 5.91. The predicted molar refractivity (Wildman–Crippen MR) is 141 cm³/mol. The Morgan fingerprint density at radius 3 is 2.61 bits per heavy atom. The Morgan fingerprint density at radius 2 is 1.84 bits per heavy atom. The van der Waals surface area contributed by atoms with Crippen molar-refractivity contribution in [2.75, 3.05) is 7.11 Å². The molecule has 0 spiro atoms.